The highest BCUT2D eigenvalue weighted by Crippen LogP contribution is 2.32. The number of aromatic nitrogens is 4. The van der Waals surface area contributed by atoms with E-state index in [9.17, 15) is 10.1 Å². The van der Waals surface area contributed by atoms with Gasteiger partial charge in [0.25, 0.3) is 5.56 Å². The van der Waals surface area contributed by atoms with Gasteiger partial charge in [-0.25, -0.2) is 4.98 Å². The van der Waals surface area contributed by atoms with Crippen molar-refractivity contribution in [2.75, 3.05) is 10.6 Å². The molecule has 0 saturated carbocycles. The van der Waals surface area contributed by atoms with Crippen LogP contribution in [-0.2, 0) is 7.05 Å². The summed E-state index contributed by atoms with van der Waals surface area (Å²) < 4.78 is 7.03. The number of benzene rings is 1. The number of fused-ring (bicyclic) bond motifs is 1. The van der Waals surface area contributed by atoms with Crippen LogP contribution in [0.4, 0.5) is 17.1 Å². The van der Waals surface area contributed by atoms with Crippen LogP contribution >= 0.6 is 11.6 Å². The average Bonchev–Trinajstić information content (AvgIpc) is 3.18. The molecular formula is C21H18ClN7O2. The number of anilines is 3. The highest BCUT2D eigenvalue weighted by atomic mass is 35.5. The molecule has 0 radical (unpaired) electrons. The van der Waals surface area contributed by atoms with Crippen molar-refractivity contribution in [1.82, 2.24) is 19.7 Å². The summed E-state index contributed by atoms with van der Waals surface area (Å²) in [5.74, 6) is 0.888. The Labute approximate surface area is 182 Å². The fourth-order valence-corrected chi connectivity index (χ4v) is 3.52. The van der Waals surface area contributed by atoms with Gasteiger partial charge in [0, 0.05) is 37.3 Å². The lowest BCUT2D eigenvalue weighted by molar-refractivity contribution is 0.451. The summed E-state index contributed by atoms with van der Waals surface area (Å²) >= 11 is 6.05. The minimum Gasteiger partial charge on any atom is -0.423 e. The number of hydrogen-bond donors (Lipinski definition) is 2. The van der Waals surface area contributed by atoms with Crippen LogP contribution in [0.15, 0.2) is 45.7 Å². The molecule has 0 aliphatic carbocycles. The molecule has 0 bridgehead atoms. The summed E-state index contributed by atoms with van der Waals surface area (Å²) in [6.45, 7) is 3.59. The predicted molar refractivity (Wildman–Crippen MR) is 118 cm³/mol. The molecule has 1 unspecified atom stereocenters. The molecule has 2 N–H and O–H groups in total. The summed E-state index contributed by atoms with van der Waals surface area (Å²) in [4.78, 5) is 16.7. The summed E-state index contributed by atoms with van der Waals surface area (Å²) in [5, 5.41) is 24.7. The highest BCUT2D eigenvalue weighted by Gasteiger charge is 2.17. The van der Waals surface area contributed by atoms with Crippen LogP contribution < -0.4 is 16.2 Å². The minimum absolute atomic E-state index is 0.104. The summed E-state index contributed by atoms with van der Waals surface area (Å²) in [7, 11) is 1.69. The molecule has 3 heterocycles. The molecule has 4 aromatic rings. The molecule has 31 heavy (non-hydrogen) atoms. The Bertz CT molecular complexity index is 1390. The monoisotopic (exact) mass is 435 g/mol. The maximum atomic E-state index is 12.7. The number of nitrogens with one attached hydrogen (secondary N) is 2. The smallest absolute Gasteiger partial charge is 0.252 e. The number of halogens is 1. The van der Waals surface area contributed by atoms with E-state index in [1.165, 1.54) is 12.3 Å². The standard InChI is InChI=1S/C21H18ClN7O2/c1-11(21-28-27-12(2)31-21)25-17-9-18(30)29(3)19-13(17)5-4-6-16(19)26-15-7-8-24-20(22)14(15)10-23/h4-9,11,25H,1-3H3,(H,24,26). The molecule has 0 saturated heterocycles. The summed E-state index contributed by atoms with van der Waals surface area (Å²) in [6, 6.07) is 10.5. The fraction of sp³-hybridized carbons (Fsp3) is 0.190. The number of rotatable bonds is 5. The molecule has 4 rings (SSSR count). The third-order valence-electron chi connectivity index (χ3n) is 4.83. The number of aryl methyl sites for hydroxylation is 2. The normalized spacial score (nSPS) is 11.8. The zero-order chi connectivity index (χ0) is 22.1. The van der Waals surface area contributed by atoms with Crippen LogP contribution in [0.3, 0.4) is 0 Å². The van der Waals surface area contributed by atoms with Crippen molar-refractivity contribution in [2.24, 2.45) is 7.05 Å². The summed E-state index contributed by atoms with van der Waals surface area (Å²) in [5.41, 5.74) is 2.44. The first-order chi connectivity index (χ1) is 14.9. The van der Waals surface area contributed by atoms with E-state index in [-0.39, 0.29) is 22.3 Å². The van der Waals surface area contributed by atoms with E-state index in [4.69, 9.17) is 16.0 Å². The fourth-order valence-electron chi connectivity index (χ4n) is 3.32. The van der Waals surface area contributed by atoms with E-state index in [2.05, 4.69) is 31.9 Å². The van der Waals surface area contributed by atoms with Crippen LogP contribution in [0.25, 0.3) is 10.9 Å². The molecule has 0 fully saturated rings. The van der Waals surface area contributed by atoms with Crippen molar-refractivity contribution < 1.29 is 4.42 Å². The van der Waals surface area contributed by atoms with Crippen molar-refractivity contribution in [3.8, 4) is 6.07 Å². The molecule has 9 nitrogen and oxygen atoms in total. The van der Waals surface area contributed by atoms with Crippen molar-refractivity contribution in [1.29, 1.82) is 5.26 Å². The Morgan fingerprint density at radius 2 is 2.03 bits per heavy atom. The van der Waals surface area contributed by atoms with Crippen molar-refractivity contribution in [2.45, 2.75) is 19.9 Å². The number of para-hydroxylation sites is 1. The van der Waals surface area contributed by atoms with E-state index >= 15 is 0 Å². The van der Waals surface area contributed by atoms with Gasteiger partial charge >= 0.3 is 0 Å². The molecular weight excluding hydrogens is 418 g/mol. The molecule has 1 atom stereocenters. The van der Waals surface area contributed by atoms with Crippen molar-refractivity contribution in [3.05, 3.63) is 69.4 Å². The lowest BCUT2D eigenvalue weighted by Crippen LogP contribution is -2.19. The molecule has 156 valence electrons. The third-order valence-corrected chi connectivity index (χ3v) is 5.12. The summed E-state index contributed by atoms with van der Waals surface area (Å²) in [6.07, 6.45) is 1.51. The van der Waals surface area contributed by atoms with E-state index in [0.29, 0.717) is 34.4 Å². The lowest BCUT2D eigenvalue weighted by atomic mass is 10.1. The molecule has 0 aliphatic rings. The first-order valence-electron chi connectivity index (χ1n) is 9.40. The lowest BCUT2D eigenvalue weighted by Gasteiger charge is -2.18. The SMILES string of the molecule is Cc1nnc(C(C)Nc2cc(=O)n(C)c3c(Nc4ccnc(Cl)c4C#N)cccc23)o1. The zero-order valence-corrected chi connectivity index (χ0v) is 17.7. The van der Waals surface area contributed by atoms with Gasteiger partial charge in [-0.3, -0.25) is 4.79 Å². The molecule has 0 spiro atoms. The zero-order valence-electron chi connectivity index (χ0n) is 17.0. The molecule has 10 heteroatoms. The van der Waals surface area contributed by atoms with Gasteiger partial charge < -0.3 is 19.6 Å². The maximum absolute atomic E-state index is 12.7. The average molecular weight is 436 g/mol. The second-order valence-corrected chi connectivity index (χ2v) is 7.30. The van der Waals surface area contributed by atoms with Crippen LogP contribution in [0.2, 0.25) is 5.15 Å². The Morgan fingerprint density at radius 1 is 1.23 bits per heavy atom. The minimum atomic E-state index is -0.308. The van der Waals surface area contributed by atoms with E-state index < -0.39 is 0 Å². The van der Waals surface area contributed by atoms with Crippen LogP contribution in [0.5, 0.6) is 0 Å². The Hall–Kier alpha value is -3.90. The van der Waals surface area contributed by atoms with Gasteiger partial charge in [0.15, 0.2) is 0 Å². The van der Waals surface area contributed by atoms with Gasteiger partial charge in [0.2, 0.25) is 11.8 Å². The van der Waals surface area contributed by atoms with Gasteiger partial charge in [-0.05, 0) is 19.1 Å². The topological polar surface area (TPSA) is 122 Å². The Kier molecular flexibility index (Phi) is 5.31. The van der Waals surface area contributed by atoms with Gasteiger partial charge in [-0.15, -0.1) is 10.2 Å². The third kappa shape index (κ3) is 3.81. The number of nitriles is 1. The second-order valence-electron chi connectivity index (χ2n) is 6.94. The second kappa shape index (κ2) is 8.08. The number of pyridine rings is 2. The van der Waals surface area contributed by atoms with Crippen LogP contribution in [0.1, 0.15) is 30.3 Å². The number of nitrogens with zero attached hydrogens (tertiary/aromatic N) is 5. The van der Waals surface area contributed by atoms with Crippen molar-refractivity contribution in [3.63, 3.8) is 0 Å². The van der Waals surface area contributed by atoms with Crippen molar-refractivity contribution >= 4 is 39.6 Å². The highest BCUT2D eigenvalue weighted by molar-refractivity contribution is 6.31. The quantitative estimate of drug-likeness (QED) is 0.450. The first kappa shape index (κ1) is 20.4. The van der Waals surface area contributed by atoms with E-state index in [1.807, 2.05) is 25.1 Å². The van der Waals surface area contributed by atoms with E-state index in [1.54, 1.807) is 24.6 Å². The van der Waals surface area contributed by atoms with Gasteiger partial charge in [0.05, 0.1) is 16.9 Å². The Balaban J connectivity index is 1.82. The van der Waals surface area contributed by atoms with Gasteiger partial charge in [-0.1, -0.05) is 23.7 Å². The number of hydrogen-bond acceptors (Lipinski definition) is 8. The molecule has 3 aromatic heterocycles. The first-order valence-corrected chi connectivity index (χ1v) is 9.77. The maximum Gasteiger partial charge on any atom is 0.252 e. The van der Waals surface area contributed by atoms with Gasteiger partial charge in [-0.2, -0.15) is 5.26 Å². The van der Waals surface area contributed by atoms with Crippen LogP contribution in [-0.4, -0.2) is 19.7 Å². The largest absolute Gasteiger partial charge is 0.423 e. The molecule has 1 aromatic carbocycles. The Morgan fingerprint density at radius 3 is 2.74 bits per heavy atom. The van der Waals surface area contributed by atoms with Gasteiger partial charge in [0.1, 0.15) is 22.8 Å². The molecule has 0 aliphatic heterocycles. The van der Waals surface area contributed by atoms with Crippen LogP contribution in [0, 0.1) is 18.3 Å². The predicted octanol–water partition coefficient (Wildman–Crippen LogP) is 4.07. The molecule has 0 amide bonds. The van der Waals surface area contributed by atoms with E-state index in [0.717, 1.165) is 5.39 Å².